The fraction of sp³-hybridized carbons (Fsp3) is 0.467. The second-order valence-corrected chi connectivity index (χ2v) is 5.30. The Morgan fingerprint density at radius 1 is 1.30 bits per heavy atom. The largest absolute Gasteiger partial charge is 0.465 e. The maximum Gasteiger partial charge on any atom is 0.316 e. The molecule has 0 saturated carbocycles. The smallest absolute Gasteiger partial charge is 0.316 e. The van der Waals surface area contributed by atoms with E-state index in [2.05, 4.69) is 0 Å². The molecule has 0 aliphatic heterocycles. The second-order valence-electron chi connectivity index (χ2n) is 4.28. The lowest BCUT2D eigenvalue weighted by molar-refractivity contribution is -0.151. The van der Waals surface area contributed by atoms with Gasteiger partial charge in [0.05, 0.1) is 12.4 Å². The Labute approximate surface area is 122 Å². The molecule has 0 bridgehead atoms. The van der Waals surface area contributed by atoms with Crippen molar-refractivity contribution < 1.29 is 18.7 Å². The van der Waals surface area contributed by atoms with Gasteiger partial charge < -0.3 is 4.74 Å². The molecule has 0 amide bonds. The van der Waals surface area contributed by atoms with Gasteiger partial charge >= 0.3 is 5.97 Å². The van der Waals surface area contributed by atoms with E-state index in [-0.39, 0.29) is 24.0 Å². The van der Waals surface area contributed by atoms with Gasteiger partial charge in [-0.05, 0) is 25.5 Å². The topological polar surface area (TPSA) is 43.4 Å². The standard InChI is InChI=1S/C15H19FO3S/c1-3-7-11(15(18)19-4-2)13(17)10-20-14-9-6-5-8-12(14)16/h5-6,8-9,11H,3-4,7,10H2,1-2H3. The number of rotatable bonds is 8. The van der Waals surface area contributed by atoms with Crippen LogP contribution >= 0.6 is 11.8 Å². The summed E-state index contributed by atoms with van der Waals surface area (Å²) < 4.78 is 18.4. The van der Waals surface area contributed by atoms with Crippen LogP contribution < -0.4 is 0 Å². The molecule has 110 valence electrons. The van der Waals surface area contributed by atoms with Gasteiger partial charge in [0.2, 0.25) is 0 Å². The molecular weight excluding hydrogens is 279 g/mol. The van der Waals surface area contributed by atoms with Crippen molar-refractivity contribution in [1.82, 2.24) is 0 Å². The van der Waals surface area contributed by atoms with Crippen molar-refractivity contribution in [3.05, 3.63) is 30.1 Å². The molecule has 20 heavy (non-hydrogen) atoms. The number of carbonyl (C=O) groups excluding carboxylic acids is 2. The minimum absolute atomic E-state index is 0.0738. The van der Waals surface area contributed by atoms with Gasteiger partial charge in [-0.1, -0.05) is 25.5 Å². The van der Waals surface area contributed by atoms with E-state index in [0.717, 1.165) is 18.2 Å². The van der Waals surface area contributed by atoms with Crippen LogP contribution in [-0.2, 0) is 14.3 Å². The zero-order valence-electron chi connectivity index (χ0n) is 11.7. The van der Waals surface area contributed by atoms with Gasteiger partial charge in [0.25, 0.3) is 0 Å². The van der Waals surface area contributed by atoms with Crippen molar-refractivity contribution in [2.45, 2.75) is 31.6 Å². The Kier molecular flexibility index (Phi) is 7.30. The Bertz CT molecular complexity index is 462. The van der Waals surface area contributed by atoms with Crippen LogP contribution in [0, 0.1) is 11.7 Å². The molecule has 1 rings (SSSR count). The first kappa shape index (κ1) is 16.7. The highest BCUT2D eigenvalue weighted by Crippen LogP contribution is 2.23. The minimum Gasteiger partial charge on any atom is -0.465 e. The molecule has 0 aromatic heterocycles. The second kappa shape index (κ2) is 8.74. The van der Waals surface area contributed by atoms with Crippen LogP contribution in [-0.4, -0.2) is 24.1 Å². The van der Waals surface area contributed by atoms with Crippen molar-refractivity contribution in [1.29, 1.82) is 0 Å². The Balaban J connectivity index is 2.62. The highest BCUT2D eigenvalue weighted by Gasteiger charge is 2.26. The van der Waals surface area contributed by atoms with Crippen LogP contribution in [0.15, 0.2) is 29.2 Å². The van der Waals surface area contributed by atoms with E-state index in [4.69, 9.17) is 4.74 Å². The fourth-order valence-electron chi connectivity index (χ4n) is 1.75. The highest BCUT2D eigenvalue weighted by atomic mass is 32.2. The molecule has 1 aromatic carbocycles. The van der Waals surface area contributed by atoms with Gasteiger partial charge in [-0.2, -0.15) is 0 Å². The number of carbonyl (C=O) groups is 2. The van der Waals surface area contributed by atoms with E-state index in [9.17, 15) is 14.0 Å². The number of hydrogen-bond acceptors (Lipinski definition) is 4. The lowest BCUT2D eigenvalue weighted by Crippen LogP contribution is -2.27. The molecule has 0 aliphatic carbocycles. The summed E-state index contributed by atoms with van der Waals surface area (Å²) in [5, 5.41) is 0. The predicted molar refractivity (Wildman–Crippen MR) is 77.2 cm³/mol. The van der Waals surface area contributed by atoms with Crippen LogP contribution in [0.5, 0.6) is 0 Å². The van der Waals surface area contributed by atoms with E-state index in [1.807, 2.05) is 6.92 Å². The van der Waals surface area contributed by atoms with E-state index in [1.54, 1.807) is 25.1 Å². The van der Waals surface area contributed by atoms with Crippen molar-refractivity contribution in [2.24, 2.45) is 5.92 Å². The molecule has 0 saturated heterocycles. The Morgan fingerprint density at radius 3 is 2.60 bits per heavy atom. The van der Waals surface area contributed by atoms with E-state index < -0.39 is 11.9 Å². The summed E-state index contributed by atoms with van der Waals surface area (Å²) in [5.74, 6) is -1.70. The number of benzene rings is 1. The zero-order valence-corrected chi connectivity index (χ0v) is 12.5. The first-order chi connectivity index (χ1) is 9.60. The third kappa shape index (κ3) is 4.96. The number of ether oxygens (including phenoxy) is 1. The van der Waals surface area contributed by atoms with Crippen molar-refractivity contribution in [2.75, 3.05) is 12.4 Å². The zero-order chi connectivity index (χ0) is 15.0. The molecule has 0 radical (unpaired) electrons. The lowest BCUT2D eigenvalue weighted by Gasteiger charge is -2.13. The van der Waals surface area contributed by atoms with Crippen LogP contribution in [0.25, 0.3) is 0 Å². The molecular formula is C15H19FO3S. The predicted octanol–water partition coefficient (Wildman–Crippen LogP) is 3.47. The fourth-order valence-corrected chi connectivity index (χ4v) is 2.63. The van der Waals surface area contributed by atoms with Gasteiger partial charge in [0.1, 0.15) is 11.7 Å². The molecule has 0 N–H and O–H groups in total. The first-order valence-corrected chi connectivity index (χ1v) is 7.65. The third-order valence-electron chi connectivity index (χ3n) is 2.74. The van der Waals surface area contributed by atoms with Crippen molar-refractivity contribution >= 4 is 23.5 Å². The maximum atomic E-state index is 13.4. The van der Waals surface area contributed by atoms with Crippen LogP contribution in [0.2, 0.25) is 0 Å². The van der Waals surface area contributed by atoms with E-state index in [1.165, 1.54) is 6.07 Å². The Morgan fingerprint density at radius 2 is 2.00 bits per heavy atom. The van der Waals surface area contributed by atoms with Gasteiger partial charge in [-0.15, -0.1) is 11.8 Å². The molecule has 3 nitrogen and oxygen atoms in total. The van der Waals surface area contributed by atoms with Crippen LogP contribution in [0.3, 0.4) is 0 Å². The first-order valence-electron chi connectivity index (χ1n) is 6.66. The maximum absolute atomic E-state index is 13.4. The SMILES string of the molecule is CCCC(C(=O)CSc1ccccc1F)C(=O)OCC. The summed E-state index contributed by atoms with van der Waals surface area (Å²) in [6.45, 7) is 3.87. The lowest BCUT2D eigenvalue weighted by atomic mass is 10.00. The molecule has 5 heteroatoms. The highest BCUT2D eigenvalue weighted by molar-refractivity contribution is 8.00. The molecule has 0 fully saturated rings. The van der Waals surface area contributed by atoms with E-state index >= 15 is 0 Å². The normalized spacial score (nSPS) is 11.9. The quantitative estimate of drug-likeness (QED) is 0.419. The summed E-state index contributed by atoms with van der Waals surface area (Å²) in [6.07, 6.45) is 1.19. The molecule has 0 spiro atoms. The van der Waals surface area contributed by atoms with Crippen LogP contribution in [0.1, 0.15) is 26.7 Å². The van der Waals surface area contributed by atoms with Crippen LogP contribution in [0.4, 0.5) is 4.39 Å². The van der Waals surface area contributed by atoms with Gasteiger partial charge in [0.15, 0.2) is 5.78 Å². The third-order valence-corrected chi connectivity index (χ3v) is 3.81. The average Bonchev–Trinajstić information content (AvgIpc) is 2.43. The number of hydrogen-bond donors (Lipinski definition) is 0. The number of thioether (sulfide) groups is 1. The van der Waals surface area contributed by atoms with E-state index in [0.29, 0.717) is 11.3 Å². The molecule has 0 aliphatic rings. The number of esters is 1. The van der Waals surface area contributed by atoms with Gasteiger partial charge in [-0.3, -0.25) is 9.59 Å². The number of Topliss-reactive ketones (excluding diaryl/α,β-unsaturated/α-hetero) is 1. The molecule has 1 unspecified atom stereocenters. The summed E-state index contributed by atoms with van der Waals surface area (Å²) in [7, 11) is 0. The molecule has 1 aromatic rings. The minimum atomic E-state index is -0.737. The van der Waals surface area contributed by atoms with Crippen molar-refractivity contribution in [3.8, 4) is 0 Å². The van der Waals surface area contributed by atoms with Gasteiger partial charge in [-0.25, -0.2) is 4.39 Å². The molecule has 1 atom stereocenters. The molecule has 0 heterocycles. The summed E-state index contributed by atoms with van der Waals surface area (Å²) >= 11 is 1.11. The average molecular weight is 298 g/mol. The number of ketones is 1. The number of halogens is 1. The Hall–Kier alpha value is -1.36. The summed E-state index contributed by atoms with van der Waals surface area (Å²) in [4.78, 5) is 24.2. The monoisotopic (exact) mass is 298 g/mol. The van der Waals surface area contributed by atoms with Crippen molar-refractivity contribution in [3.63, 3.8) is 0 Å². The summed E-state index contributed by atoms with van der Waals surface area (Å²) in [6, 6.07) is 6.28. The summed E-state index contributed by atoms with van der Waals surface area (Å²) in [5.41, 5.74) is 0. The van der Waals surface area contributed by atoms with Gasteiger partial charge in [0, 0.05) is 4.90 Å².